The van der Waals surface area contributed by atoms with Crippen LogP contribution >= 0.6 is 0 Å². The number of carbonyl (C=O) groups is 1. The number of amides is 1. The molecule has 1 amide bonds. The van der Waals surface area contributed by atoms with Crippen molar-refractivity contribution in [2.24, 2.45) is 0 Å². The Hall–Kier alpha value is -2.95. The van der Waals surface area contributed by atoms with E-state index in [1.54, 1.807) is 0 Å². The van der Waals surface area contributed by atoms with Crippen LogP contribution in [0.3, 0.4) is 0 Å². The molecule has 1 aliphatic carbocycles. The van der Waals surface area contributed by atoms with Crippen molar-refractivity contribution in [2.75, 3.05) is 6.54 Å². The number of rotatable bonds is 1. The number of aromatic nitrogens is 3. The van der Waals surface area contributed by atoms with Gasteiger partial charge in [-0.25, -0.2) is 0 Å². The van der Waals surface area contributed by atoms with Crippen molar-refractivity contribution in [1.82, 2.24) is 20.3 Å². The second-order valence-corrected chi connectivity index (χ2v) is 6.40. The molecule has 1 N–H and O–H groups in total. The quantitative estimate of drug-likeness (QED) is 0.587. The molecule has 0 saturated carbocycles. The van der Waals surface area contributed by atoms with Gasteiger partial charge in [-0.05, 0) is 40.8 Å². The van der Waals surface area contributed by atoms with E-state index < -0.39 is 0 Å². The normalized spacial score (nSPS) is 14.9. The van der Waals surface area contributed by atoms with E-state index in [4.69, 9.17) is 0 Å². The second kappa shape index (κ2) is 5.03. The van der Waals surface area contributed by atoms with Gasteiger partial charge in [-0.15, -0.1) is 0 Å². The van der Waals surface area contributed by atoms with Gasteiger partial charge in [0.15, 0.2) is 0 Å². The second-order valence-electron chi connectivity index (χ2n) is 6.40. The zero-order valence-corrected chi connectivity index (χ0v) is 13.1. The van der Waals surface area contributed by atoms with Gasteiger partial charge in [-0.2, -0.15) is 15.4 Å². The van der Waals surface area contributed by atoms with Gasteiger partial charge in [0, 0.05) is 18.5 Å². The fraction of sp³-hybridized carbons (Fsp3) is 0.211. The third kappa shape index (κ3) is 1.98. The fourth-order valence-corrected chi connectivity index (χ4v) is 3.71. The third-order valence-electron chi connectivity index (χ3n) is 4.99. The van der Waals surface area contributed by atoms with Gasteiger partial charge in [0.2, 0.25) is 0 Å². The summed E-state index contributed by atoms with van der Waals surface area (Å²) in [5.74, 6) is 0.0656. The van der Waals surface area contributed by atoms with Crippen molar-refractivity contribution < 1.29 is 4.79 Å². The number of carbonyl (C=O) groups excluding carboxylic acids is 1. The Kier molecular flexibility index (Phi) is 2.82. The summed E-state index contributed by atoms with van der Waals surface area (Å²) >= 11 is 0. The van der Waals surface area contributed by atoms with Crippen LogP contribution < -0.4 is 0 Å². The summed E-state index contributed by atoms with van der Waals surface area (Å²) in [6.45, 7) is 1.21. The molecule has 2 aromatic carbocycles. The smallest absolute Gasteiger partial charge is 0.254 e. The lowest BCUT2D eigenvalue weighted by Gasteiger charge is -2.25. The first-order valence-electron chi connectivity index (χ1n) is 8.18. The lowest BCUT2D eigenvalue weighted by molar-refractivity contribution is 0.0732. The van der Waals surface area contributed by atoms with Crippen molar-refractivity contribution in [2.45, 2.75) is 19.4 Å². The third-order valence-corrected chi connectivity index (χ3v) is 4.99. The van der Waals surface area contributed by atoms with Crippen LogP contribution in [0.5, 0.6) is 0 Å². The van der Waals surface area contributed by atoms with Crippen LogP contribution in [-0.2, 0) is 19.4 Å². The molecular formula is C19H16N4O. The Labute approximate surface area is 139 Å². The van der Waals surface area contributed by atoms with Gasteiger partial charge in [0.1, 0.15) is 5.69 Å². The van der Waals surface area contributed by atoms with Crippen LogP contribution in [0.25, 0.3) is 11.1 Å². The SMILES string of the molecule is O=C(c1ccc2c(c1)-c1ccccc1C2)N1CCc2n[nH]nc2C1. The number of nitrogens with one attached hydrogen (secondary N) is 1. The standard InChI is InChI=1S/C19H16N4O/c24-19(23-8-7-17-18(11-23)21-22-20-17)14-6-5-13-9-12-3-1-2-4-15(12)16(13)10-14/h1-6,10H,7-9,11H2,(H,20,21,22). The fourth-order valence-electron chi connectivity index (χ4n) is 3.71. The van der Waals surface area contributed by atoms with E-state index in [1.807, 2.05) is 17.0 Å². The van der Waals surface area contributed by atoms with Crippen LogP contribution in [-0.4, -0.2) is 32.8 Å². The molecular weight excluding hydrogens is 300 g/mol. The summed E-state index contributed by atoms with van der Waals surface area (Å²) in [5.41, 5.74) is 7.67. The van der Waals surface area contributed by atoms with E-state index in [0.29, 0.717) is 13.1 Å². The zero-order valence-electron chi connectivity index (χ0n) is 13.1. The minimum atomic E-state index is 0.0656. The predicted octanol–water partition coefficient (Wildman–Crippen LogP) is 2.57. The number of benzene rings is 2. The first kappa shape index (κ1) is 13.5. The molecule has 5 rings (SSSR count). The first-order valence-corrected chi connectivity index (χ1v) is 8.18. The number of aromatic amines is 1. The van der Waals surface area contributed by atoms with Crippen LogP contribution in [0.4, 0.5) is 0 Å². The van der Waals surface area contributed by atoms with Crippen LogP contribution in [0, 0.1) is 0 Å². The highest BCUT2D eigenvalue weighted by molar-refractivity contribution is 5.96. The van der Waals surface area contributed by atoms with Crippen molar-refractivity contribution in [3.63, 3.8) is 0 Å². The Bertz CT molecular complexity index is 960. The zero-order chi connectivity index (χ0) is 16.1. The minimum absolute atomic E-state index is 0.0656. The van der Waals surface area contributed by atoms with Crippen LogP contribution in [0.15, 0.2) is 42.5 Å². The molecule has 0 radical (unpaired) electrons. The molecule has 1 aliphatic heterocycles. The van der Waals surface area contributed by atoms with E-state index in [2.05, 4.69) is 45.7 Å². The van der Waals surface area contributed by atoms with Crippen LogP contribution in [0.1, 0.15) is 32.9 Å². The topological polar surface area (TPSA) is 61.9 Å². The highest BCUT2D eigenvalue weighted by atomic mass is 16.2. The molecule has 1 aromatic heterocycles. The maximum absolute atomic E-state index is 12.9. The number of hydrogen-bond acceptors (Lipinski definition) is 3. The Morgan fingerprint density at radius 2 is 1.83 bits per heavy atom. The van der Waals surface area contributed by atoms with Gasteiger partial charge >= 0.3 is 0 Å². The van der Waals surface area contributed by atoms with Crippen molar-refractivity contribution in [1.29, 1.82) is 0 Å². The molecule has 118 valence electrons. The monoisotopic (exact) mass is 316 g/mol. The van der Waals surface area contributed by atoms with Crippen molar-refractivity contribution >= 4 is 5.91 Å². The number of fused-ring (bicyclic) bond motifs is 4. The summed E-state index contributed by atoms with van der Waals surface area (Å²) in [7, 11) is 0. The number of hydrogen-bond donors (Lipinski definition) is 1. The molecule has 0 spiro atoms. The summed E-state index contributed by atoms with van der Waals surface area (Å²) < 4.78 is 0. The highest BCUT2D eigenvalue weighted by Gasteiger charge is 2.26. The van der Waals surface area contributed by atoms with E-state index in [9.17, 15) is 4.79 Å². The average molecular weight is 316 g/mol. The van der Waals surface area contributed by atoms with E-state index in [1.165, 1.54) is 22.3 Å². The summed E-state index contributed by atoms with van der Waals surface area (Å²) in [5, 5.41) is 10.9. The molecule has 0 fully saturated rings. The molecule has 0 bridgehead atoms. The van der Waals surface area contributed by atoms with Gasteiger partial charge in [-0.1, -0.05) is 30.3 Å². The minimum Gasteiger partial charge on any atom is -0.332 e. The molecule has 3 aromatic rings. The molecule has 24 heavy (non-hydrogen) atoms. The lowest BCUT2D eigenvalue weighted by Crippen LogP contribution is -2.36. The molecule has 5 nitrogen and oxygen atoms in total. The molecule has 5 heteroatoms. The van der Waals surface area contributed by atoms with Crippen molar-refractivity contribution in [3.05, 3.63) is 70.5 Å². The lowest BCUT2D eigenvalue weighted by atomic mass is 10.0. The summed E-state index contributed by atoms with van der Waals surface area (Å²) in [4.78, 5) is 14.8. The van der Waals surface area contributed by atoms with E-state index in [0.717, 1.165) is 29.8 Å². The maximum atomic E-state index is 12.9. The number of nitrogens with zero attached hydrogens (tertiary/aromatic N) is 3. The Morgan fingerprint density at radius 3 is 2.79 bits per heavy atom. The van der Waals surface area contributed by atoms with E-state index in [-0.39, 0.29) is 5.91 Å². The molecule has 2 heterocycles. The van der Waals surface area contributed by atoms with Gasteiger partial charge in [0.25, 0.3) is 5.91 Å². The first-order chi connectivity index (χ1) is 11.8. The molecule has 0 atom stereocenters. The molecule has 0 unspecified atom stereocenters. The Balaban J connectivity index is 1.48. The van der Waals surface area contributed by atoms with Gasteiger partial charge in [-0.3, -0.25) is 4.79 Å². The molecule has 0 saturated heterocycles. The predicted molar refractivity (Wildman–Crippen MR) is 89.5 cm³/mol. The van der Waals surface area contributed by atoms with Crippen LogP contribution in [0.2, 0.25) is 0 Å². The number of H-pyrrole nitrogens is 1. The molecule has 2 aliphatic rings. The van der Waals surface area contributed by atoms with E-state index >= 15 is 0 Å². The largest absolute Gasteiger partial charge is 0.332 e. The maximum Gasteiger partial charge on any atom is 0.254 e. The summed E-state index contributed by atoms with van der Waals surface area (Å²) in [6.07, 6.45) is 1.71. The Morgan fingerprint density at radius 1 is 1.00 bits per heavy atom. The van der Waals surface area contributed by atoms with Gasteiger partial charge < -0.3 is 4.90 Å². The average Bonchev–Trinajstić information content (AvgIpc) is 3.24. The van der Waals surface area contributed by atoms with Gasteiger partial charge in [0.05, 0.1) is 12.2 Å². The summed E-state index contributed by atoms with van der Waals surface area (Å²) in [6, 6.07) is 14.5. The highest BCUT2D eigenvalue weighted by Crippen LogP contribution is 2.37. The van der Waals surface area contributed by atoms with Crippen molar-refractivity contribution in [3.8, 4) is 11.1 Å².